The fourth-order valence-corrected chi connectivity index (χ4v) is 4.38. The molecule has 0 radical (unpaired) electrons. The first-order valence-electron chi connectivity index (χ1n) is 10.9. The highest BCUT2D eigenvalue weighted by Crippen LogP contribution is 2.22. The molecule has 0 unspecified atom stereocenters. The number of benzene rings is 1. The van der Waals surface area contributed by atoms with Gasteiger partial charge in [0.15, 0.2) is 0 Å². The fraction of sp³-hybridized carbons (Fsp3) is 0.571. The zero-order chi connectivity index (χ0) is 22.0. The molecule has 0 aliphatic carbocycles. The molecule has 32 heavy (non-hydrogen) atoms. The van der Waals surface area contributed by atoms with Crippen molar-refractivity contribution in [3.05, 3.63) is 35.4 Å². The van der Waals surface area contributed by atoms with E-state index in [1.165, 1.54) is 11.1 Å². The highest BCUT2D eigenvalue weighted by atomic mass is 35.5. The summed E-state index contributed by atoms with van der Waals surface area (Å²) in [4.78, 5) is 18.2. The molecule has 2 aliphatic heterocycles. The molecule has 1 aromatic carbocycles. The second-order valence-electron chi connectivity index (χ2n) is 8.86. The maximum absolute atomic E-state index is 6.21. The molecular formula is C21H35ClN10. The Kier molecular flexibility index (Phi) is 8.07. The van der Waals surface area contributed by atoms with Crippen molar-refractivity contribution >= 4 is 30.3 Å². The summed E-state index contributed by atoms with van der Waals surface area (Å²) in [5, 5.41) is 3.37. The Morgan fingerprint density at radius 1 is 0.812 bits per heavy atom. The van der Waals surface area contributed by atoms with Gasteiger partial charge in [-0.15, -0.1) is 12.4 Å². The molecule has 9 N–H and O–H groups in total. The number of piperidine rings is 2. The number of aryl methyl sites for hydroxylation is 1. The molecule has 2 fully saturated rings. The molecule has 10 nitrogen and oxygen atoms in total. The van der Waals surface area contributed by atoms with Gasteiger partial charge in [0.2, 0.25) is 17.8 Å². The predicted molar refractivity (Wildman–Crippen MR) is 131 cm³/mol. The van der Waals surface area contributed by atoms with Crippen LogP contribution in [0.15, 0.2) is 24.3 Å². The van der Waals surface area contributed by atoms with E-state index in [9.17, 15) is 0 Å². The summed E-state index contributed by atoms with van der Waals surface area (Å²) < 4.78 is 0. The molecule has 2 saturated heterocycles. The molecule has 2 aromatic rings. The molecule has 0 spiro atoms. The lowest BCUT2D eigenvalue weighted by molar-refractivity contribution is 0.441. The van der Waals surface area contributed by atoms with E-state index in [1.54, 1.807) is 0 Å². The first kappa shape index (κ1) is 24.4. The van der Waals surface area contributed by atoms with Gasteiger partial charge in [-0.1, -0.05) is 24.3 Å². The standard InChI is InChI=1S/C21H34N10.ClH/c1-13-4-2-3-5-14(13)8-26-19-27-20(30-9-15(22)6-16(23)10-30)29-21(28-19)31-11-17(24)7-18(25)12-31;/h2-5,15-18H,6-12,22-25H2,1H3,(H,26,27,28,29);1H/t15-,16+,17-,18+;. The number of nitrogens with one attached hydrogen (secondary N) is 1. The summed E-state index contributed by atoms with van der Waals surface area (Å²) in [5.74, 6) is 1.68. The SMILES string of the molecule is Cc1ccccc1CNc1nc(N2C[C@H](N)C[C@H](N)C2)nc(N2C[C@H](N)C[C@H](N)C2)n1.Cl. The normalized spacial score (nSPS) is 25.9. The molecule has 2 aliphatic rings. The number of nitrogens with zero attached hydrogens (tertiary/aromatic N) is 5. The van der Waals surface area contributed by atoms with Crippen molar-refractivity contribution in [1.82, 2.24) is 15.0 Å². The minimum atomic E-state index is -0.0100. The second kappa shape index (κ2) is 10.6. The van der Waals surface area contributed by atoms with E-state index in [4.69, 9.17) is 37.9 Å². The summed E-state index contributed by atoms with van der Waals surface area (Å²) in [6.45, 7) is 5.35. The lowest BCUT2D eigenvalue weighted by Gasteiger charge is -2.37. The fourth-order valence-electron chi connectivity index (χ4n) is 4.38. The molecule has 0 bridgehead atoms. The smallest absolute Gasteiger partial charge is 0.232 e. The van der Waals surface area contributed by atoms with Crippen molar-refractivity contribution in [2.75, 3.05) is 41.3 Å². The summed E-state index contributed by atoms with van der Waals surface area (Å²) in [5.41, 5.74) is 27.2. The number of nitrogens with two attached hydrogens (primary N) is 4. The van der Waals surface area contributed by atoms with Gasteiger partial charge in [0.1, 0.15) is 0 Å². The zero-order valence-corrected chi connectivity index (χ0v) is 19.3. The van der Waals surface area contributed by atoms with Crippen LogP contribution in [0.3, 0.4) is 0 Å². The number of anilines is 3. The Hall–Kier alpha value is -2.24. The summed E-state index contributed by atoms with van der Waals surface area (Å²) in [6.07, 6.45) is 1.59. The van der Waals surface area contributed by atoms with Crippen LogP contribution >= 0.6 is 12.4 Å². The van der Waals surface area contributed by atoms with E-state index in [0.29, 0.717) is 50.6 Å². The predicted octanol–water partition coefficient (Wildman–Crippen LogP) is -0.0567. The number of rotatable bonds is 5. The van der Waals surface area contributed by atoms with Crippen LogP contribution in [0.1, 0.15) is 24.0 Å². The zero-order valence-electron chi connectivity index (χ0n) is 18.5. The van der Waals surface area contributed by atoms with Gasteiger partial charge in [-0.05, 0) is 30.9 Å². The molecule has 1 aromatic heterocycles. The van der Waals surface area contributed by atoms with Crippen LogP contribution in [0.25, 0.3) is 0 Å². The molecule has 4 rings (SSSR count). The quantitative estimate of drug-likeness (QED) is 0.407. The van der Waals surface area contributed by atoms with Crippen LogP contribution in [0.4, 0.5) is 17.8 Å². The topological polar surface area (TPSA) is 161 Å². The molecule has 0 amide bonds. The third-order valence-corrected chi connectivity index (χ3v) is 5.91. The number of halogens is 1. The van der Waals surface area contributed by atoms with E-state index >= 15 is 0 Å². The van der Waals surface area contributed by atoms with Crippen molar-refractivity contribution < 1.29 is 0 Å². The lowest BCUT2D eigenvalue weighted by Crippen LogP contribution is -2.54. The average molecular weight is 463 g/mol. The largest absolute Gasteiger partial charge is 0.350 e. The summed E-state index contributed by atoms with van der Waals surface area (Å²) in [6, 6.07) is 8.21. The van der Waals surface area contributed by atoms with Crippen molar-refractivity contribution in [3.63, 3.8) is 0 Å². The third-order valence-electron chi connectivity index (χ3n) is 5.91. The van der Waals surface area contributed by atoms with E-state index in [2.05, 4.69) is 24.4 Å². The first-order valence-corrected chi connectivity index (χ1v) is 10.9. The average Bonchev–Trinajstić information content (AvgIpc) is 2.71. The van der Waals surface area contributed by atoms with Crippen LogP contribution in [-0.4, -0.2) is 65.3 Å². The first-order chi connectivity index (χ1) is 14.9. The van der Waals surface area contributed by atoms with Gasteiger partial charge < -0.3 is 38.1 Å². The van der Waals surface area contributed by atoms with Crippen molar-refractivity contribution in [3.8, 4) is 0 Å². The molecule has 176 valence electrons. The van der Waals surface area contributed by atoms with Crippen LogP contribution in [0.5, 0.6) is 0 Å². The van der Waals surface area contributed by atoms with E-state index in [1.807, 2.05) is 21.9 Å². The molecule has 4 atom stereocenters. The van der Waals surface area contributed by atoms with Crippen molar-refractivity contribution in [2.24, 2.45) is 22.9 Å². The Balaban J connectivity index is 0.00000289. The van der Waals surface area contributed by atoms with Gasteiger partial charge in [-0.25, -0.2) is 0 Å². The number of hydrogen-bond donors (Lipinski definition) is 5. The van der Waals surface area contributed by atoms with Gasteiger partial charge in [0.05, 0.1) is 0 Å². The number of hydrogen-bond acceptors (Lipinski definition) is 10. The molecule has 3 heterocycles. The molecular weight excluding hydrogens is 428 g/mol. The van der Waals surface area contributed by atoms with Gasteiger partial charge >= 0.3 is 0 Å². The maximum atomic E-state index is 6.21. The third kappa shape index (κ3) is 5.96. The second-order valence-corrected chi connectivity index (χ2v) is 8.86. The van der Waals surface area contributed by atoms with Crippen molar-refractivity contribution in [2.45, 2.75) is 50.5 Å². The minimum Gasteiger partial charge on any atom is -0.350 e. The van der Waals surface area contributed by atoms with E-state index in [0.717, 1.165) is 12.8 Å². The number of aromatic nitrogens is 3. The van der Waals surface area contributed by atoms with Gasteiger partial charge in [0, 0.05) is 56.9 Å². The highest BCUT2D eigenvalue weighted by molar-refractivity contribution is 5.85. The summed E-state index contributed by atoms with van der Waals surface area (Å²) >= 11 is 0. The van der Waals surface area contributed by atoms with Crippen LogP contribution in [0, 0.1) is 6.92 Å². The Morgan fingerprint density at radius 3 is 1.75 bits per heavy atom. The monoisotopic (exact) mass is 462 g/mol. The molecule has 11 heteroatoms. The van der Waals surface area contributed by atoms with E-state index < -0.39 is 0 Å². The highest BCUT2D eigenvalue weighted by Gasteiger charge is 2.28. The minimum absolute atomic E-state index is 0. The van der Waals surface area contributed by atoms with Crippen LogP contribution in [-0.2, 0) is 6.54 Å². The van der Waals surface area contributed by atoms with Gasteiger partial charge in [-0.3, -0.25) is 0 Å². The Labute approximate surface area is 195 Å². The lowest BCUT2D eigenvalue weighted by atomic mass is 10.0. The summed E-state index contributed by atoms with van der Waals surface area (Å²) in [7, 11) is 0. The van der Waals surface area contributed by atoms with Crippen LogP contribution in [0.2, 0.25) is 0 Å². The van der Waals surface area contributed by atoms with Crippen molar-refractivity contribution in [1.29, 1.82) is 0 Å². The van der Waals surface area contributed by atoms with Gasteiger partial charge in [-0.2, -0.15) is 15.0 Å². The molecule has 0 saturated carbocycles. The van der Waals surface area contributed by atoms with Crippen LogP contribution < -0.4 is 38.1 Å². The van der Waals surface area contributed by atoms with Gasteiger partial charge in [0.25, 0.3) is 0 Å². The Morgan fingerprint density at radius 2 is 1.28 bits per heavy atom. The van der Waals surface area contributed by atoms with E-state index in [-0.39, 0.29) is 36.6 Å². The Bertz CT molecular complexity index is 832. The maximum Gasteiger partial charge on any atom is 0.232 e.